The SMILES string of the molecule is Cn1ccc(C2CCCCCN2C(=O)c2cc(C3CC3)on2)n1. The molecule has 2 aromatic rings. The standard InChI is InChI=1S/C17H22N4O2/c1-20-10-8-13(18-20)15-5-3-2-4-9-21(15)17(22)14-11-16(23-19-14)12-6-7-12/h8,10-12,15H,2-7,9H2,1H3. The van der Waals surface area contributed by atoms with Gasteiger partial charge in [0.25, 0.3) is 5.91 Å². The Morgan fingerprint density at radius 3 is 2.87 bits per heavy atom. The second-order valence-corrected chi connectivity index (χ2v) is 6.67. The molecular weight excluding hydrogens is 292 g/mol. The van der Waals surface area contributed by atoms with Gasteiger partial charge in [0.2, 0.25) is 0 Å². The maximum absolute atomic E-state index is 13.0. The molecule has 23 heavy (non-hydrogen) atoms. The Morgan fingerprint density at radius 2 is 2.13 bits per heavy atom. The summed E-state index contributed by atoms with van der Waals surface area (Å²) in [5.74, 6) is 1.30. The second-order valence-electron chi connectivity index (χ2n) is 6.67. The van der Waals surface area contributed by atoms with Crippen LogP contribution in [0.15, 0.2) is 22.9 Å². The van der Waals surface area contributed by atoms with Crippen LogP contribution >= 0.6 is 0 Å². The lowest BCUT2D eigenvalue weighted by Gasteiger charge is -2.28. The molecule has 1 aliphatic heterocycles. The Bertz CT molecular complexity index is 701. The van der Waals surface area contributed by atoms with Gasteiger partial charge in [0, 0.05) is 31.8 Å². The third kappa shape index (κ3) is 2.90. The van der Waals surface area contributed by atoms with Crippen molar-refractivity contribution in [1.82, 2.24) is 19.8 Å². The van der Waals surface area contributed by atoms with Crippen molar-refractivity contribution in [2.24, 2.45) is 7.05 Å². The molecule has 3 heterocycles. The van der Waals surface area contributed by atoms with Crippen LogP contribution in [0.3, 0.4) is 0 Å². The maximum atomic E-state index is 13.0. The van der Waals surface area contributed by atoms with Crippen molar-refractivity contribution in [2.75, 3.05) is 6.54 Å². The third-order valence-corrected chi connectivity index (χ3v) is 4.82. The van der Waals surface area contributed by atoms with Crippen LogP contribution in [0.25, 0.3) is 0 Å². The molecule has 0 bridgehead atoms. The summed E-state index contributed by atoms with van der Waals surface area (Å²) in [7, 11) is 1.91. The maximum Gasteiger partial charge on any atom is 0.276 e. The van der Waals surface area contributed by atoms with E-state index in [2.05, 4.69) is 10.3 Å². The van der Waals surface area contributed by atoms with E-state index in [1.54, 1.807) is 4.68 Å². The van der Waals surface area contributed by atoms with Crippen LogP contribution < -0.4 is 0 Å². The number of carbonyl (C=O) groups is 1. The molecule has 1 unspecified atom stereocenters. The molecule has 0 spiro atoms. The Hall–Kier alpha value is -2.11. The van der Waals surface area contributed by atoms with Crippen molar-refractivity contribution in [3.63, 3.8) is 0 Å². The van der Waals surface area contributed by atoms with E-state index in [0.29, 0.717) is 11.6 Å². The van der Waals surface area contributed by atoms with Gasteiger partial charge < -0.3 is 9.42 Å². The number of hydrogen-bond donors (Lipinski definition) is 0. The molecule has 122 valence electrons. The summed E-state index contributed by atoms with van der Waals surface area (Å²) in [5.41, 5.74) is 1.41. The van der Waals surface area contributed by atoms with Crippen molar-refractivity contribution < 1.29 is 9.32 Å². The highest BCUT2D eigenvalue weighted by atomic mass is 16.5. The number of carbonyl (C=O) groups excluding carboxylic acids is 1. The first-order valence-electron chi connectivity index (χ1n) is 8.49. The van der Waals surface area contributed by atoms with E-state index in [9.17, 15) is 4.79 Å². The van der Waals surface area contributed by atoms with E-state index in [1.807, 2.05) is 30.3 Å². The van der Waals surface area contributed by atoms with E-state index in [1.165, 1.54) is 0 Å². The highest BCUT2D eigenvalue weighted by Crippen LogP contribution is 2.40. The van der Waals surface area contributed by atoms with Gasteiger partial charge >= 0.3 is 0 Å². The fourth-order valence-corrected chi connectivity index (χ4v) is 3.37. The minimum absolute atomic E-state index is 0.0294. The molecular formula is C17H22N4O2. The molecule has 2 fully saturated rings. The Balaban J connectivity index is 1.60. The van der Waals surface area contributed by atoms with Crippen LogP contribution in [0.2, 0.25) is 0 Å². The van der Waals surface area contributed by atoms with E-state index in [4.69, 9.17) is 4.52 Å². The average molecular weight is 314 g/mol. The number of aryl methyl sites for hydroxylation is 1. The first-order chi connectivity index (χ1) is 11.2. The van der Waals surface area contributed by atoms with Crippen molar-refractivity contribution >= 4 is 5.91 Å². The van der Waals surface area contributed by atoms with Gasteiger partial charge in [-0.25, -0.2) is 0 Å². The van der Waals surface area contributed by atoms with Crippen molar-refractivity contribution in [1.29, 1.82) is 0 Å². The fraction of sp³-hybridized carbons (Fsp3) is 0.588. The van der Waals surface area contributed by atoms with E-state index >= 15 is 0 Å². The lowest BCUT2D eigenvalue weighted by molar-refractivity contribution is 0.0665. The minimum atomic E-state index is -0.0294. The zero-order valence-electron chi connectivity index (χ0n) is 13.4. The molecule has 1 aliphatic carbocycles. The Labute approximate surface area is 135 Å². The zero-order chi connectivity index (χ0) is 15.8. The quantitative estimate of drug-likeness (QED) is 0.873. The smallest absolute Gasteiger partial charge is 0.276 e. The largest absolute Gasteiger partial charge is 0.360 e. The summed E-state index contributed by atoms with van der Waals surface area (Å²) < 4.78 is 7.16. The molecule has 1 saturated heterocycles. The third-order valence-electron chi connectivity index (χ3n) is 4.82. The first-order valence-corrected chi connectivity index (χ1v) is 8.49. The normalized spacial score (nSPS) is 22.1. The summed E-state index contributed by atoms with van der Waals surface area (Å²) in [6, 6.07) is 3.88. The summed E-state index contributed by atoms with van der Waals surface area (Å²) in [6.07, 6.45) is 8.48. The van der Waals surface area contributed by atoms with Gasteiger partial charge in [-0.3, -0.25) is 9.48 Å². The van der Waals surface area contributed by atoms with Gasteiger partial charge in [-0.2, -0.15) is 5.10 Å². The number of amides is 1. The van der Waals surface area contributed by atoms with Crippen LogP contribution in [0.5, 0.6) is 0 Å². The van der Waals surface area contributed by atoms with Gasteiger partial charge in [0.1, 0.15) is 5.76 Å². The summed E-state index contributed by atoms with van der Waals surface area (Å²) in [5, 5.41) is 8.55. The summed E-state index contributed by atoms with van der Waals surface area (Å²) in [6.45, 7) is 0.756. The molecule has 6 heteroatoms. The molecule has 4 rings (SSSR count). The van der Waals surface area contributed by atoms with E-state index in [-0.39, 0.29) is 11.9 Å². The average Bonchev–Trinajstić information content (AvgIpc) is 3.21. The van der Waals surface area contributed by atoms with Gasteiger partial charge in [0.15, 0.2) is 5.69 Å². The zero-order valence-corrected chi connectivity index (χ0v) is 13.4. The van der Waals surface area contributed by atoms with E-state index in [0.717, 1.165) is 56.5 Å². The first kappa shape index (κ1) is 14.5. The van der Waals surface area contributed by atoms with Gasteiger partial charge in [-0.05, 0) is 31.7 Å². The van der Waals surface area contributed by atoms with Crippen LogP contribution in [-0.2, 0) is 7.05 Å². The van der Waals surface area contributed by atoms with Gasteiger partial charge in [0.05, 0.1) is 11.7 Å². The van der Waals surface area contributed by atoms with Gasteiger partial charge in [-0.1, -0.05) is 18.0 Å². The lowest BCUT2D eigenvalue weighted by atomic mass is 10.1. The van der Waals surface area contributed by atoms with E-state index < -0.39 is 0 Å². The topological polar surface area (TPSA) is 64.2 Å². The van der Waals surface area contributed by atoms with Crippen LogP contribution in [0.4, 0.5) is 0 Å². The molecule has 6 nitrogen and oxygen atoms in total. The molecule has 2 aromatic heterocycles. The second kappa shape index (κ2) is 5.83. The van der Waals surface area contributed by atoms with Crippen molar-refractivity contribution in [3.8, 4) is 0 Å². The highest BCUT2D eigenvalue weighted by molar-refractivity contribution is 5.92. The molecule has 0 radical (unpaired) electrons. The van der Waals surface area contributed by atoms with Crippen molar-refractivity contribution in [2.45, 2.75) is 50.5 Å². The number of aromatic nitrogens is 3. The molecule has 1 amide bonds. The summed E-state index contributed by atoms with van der Waals surface area (Å²) >= 11 is 0. The summed E-state index contributed by atoms with van der Waals surface area (Å²) in [4.78, 5) is 14.9. The predicted molar refractivity (Wildman–Crippen MR) is 83.9 cm³/mol. The number of likely N-dealkylation sites (tertiary alicyclic amines) is 1. The Morgan fingerprint density at radius 1 is 1.26 bits per heavy atom. The molecule has 0 aromatic carbocycles. The Kier molecular flexibility index (Phi) is 3.67. The molecule has 2 aliphatic rings. The number of hydrogen-bond acceptors (Lipinski definition) is 4. The van der Waals surface area contributed by atoms with Crippen LogP contribution in [0.1, 0.15) is 72.4 Å². The monoisotopic (exact) mass is 314 g/mol. The predicted octanol–water partition coefficient (Wildman–Crippen LogP) is 3.04. The molecule has 1 atom stereocenters. The van der Waals surface area contributed by atoms with Crippen LogP contribution in [0, 0.1) is 0 Å². The molecule has 0 N–H and O–H groups in total. The van der Waals surface area contributed by atoms with Gasteiger partial charge in [-0.15, -0.1) is 0 Å². The number of nitrogens with zero attached hydrogens (tertiary/aromatic N) is 4. The molecule has 1 saturated carbocycles. The minimum Gasteiger partial charge on any atom is -0.360 e. The van der Waals surface area contributed by atoms with Crippen LogP contribution in [-0.4, -0.2) is 32.3 Å². The highest BCUT2D eigenvalue weighted by Gasteiger charge is 2.33. The van der Waals surface area contributed by atoms with Crippen molar-refractivity contribution in [3.05, 3.63) is 35.5 Å². The fourth-order valence-electron chi connectivity index (χ4n) is 3.37. The lowest BCUT2D eigenvalue weighted by Crippen LogP contribution is -2.35. The number of rotatable bonds is 3.